The first kappa shape index (κ1) is 16.2. The number of ether oxygens (including phenoxy) is 3. The second kappa shape index (κ2) is 10.3. The third kappa shape index (κ3) is 9.40. The maximum Gasteiger partial charge on any atom is 0.344 e. The minimum Gasteiger partial charge on any atom is -0.461 e. The molecule has 0 amide bonds. The topological polar surface area (TPSA) is 131 Å². The number of azide groups is 1. The number of esters is 2. The molecule has 0 heterocycles. The van der Waals surface area contributed by atoms with Crippen LogP contribution < -0.4 is 0 Å². The van der Waals surface area contributed by atoms with E-state index in [2.05, 4.69) is 19.5 Å². The van der Waals surface area contributed by atoms with Crippen LogP contribution in [-0.2, 0) is 23.8 Å². The second-order valence-electron chi connectivity index (χ2n) is 3.07. The van der Waals surface area contributed by atoms with Gasteiger partial charge in [-0.05, 0) is 12.5 Å². The molecular weight excluding hydrogens is 246 g/mol. The van der Waals surface area contributed by atoms with Gasteiger partial charge in [-0.25, -0.2) is 9.59 Å². The van der Waals surface area contributed by atoms with Crippen LogP contribution in [0, 0.1) is 0 Å². The summed E-state index contributed by atoms with van der Waals surface area (Å²) >= 11 is 0. The van der Waals surface area contributed by atoms with Gasteiger partial charge in [0, 0.05) is 11.5 Å². The Morgan fingerprint density at radius 3 is 2.67 bits per heavy atom. The SMILES string of the molecule is CC(O)C(=O)OCC(=O)OCCOCCN=[N+]=[N-]. The average molecular weight is 261 g/mol. The Hall–Kier alpha value is -1.83. The zero-order chi connectivity index (χ0) is 13.8. The summed E-state index contributed by atoms with van der Waals surface area (Å²) in [5.41, 5.74) is 7.96. The zero-order valence-electron chi connectivity index (χ0n) is 9.94. The molecule has 9 heteroatoms. The van der Waals surface area contributed by atoms with E-state index in [0.717, 1.165) is 0 Å². The first-order valence-corrected chi connectivity index (χ1v) is 5.17. The fourth-order valence-electron chi connectivity index (χ4n) is 0.759. The Morgan fingerprint density at radius 2 is 2.06 bits per heavy atom. The first-order valence-electron chi connectivity index (χ1n) is 5.17. The molecule has 0 aliphatic rings. The molecule has 0 saturated carbocycles. The van der Waals surface area contributed by atoms with Crippen LogP contribution in [0.4, 0.5) is 0 Å². The highest BCUT2D eigenvalue weighted by Gasteiger charge is 2.12. The quantitative estimate of drug-likeness (QED) is 0.201. The minimum absolute atomic E-state index is 0.00132. The number of aliphatic hydroxyl groups excluding tert-OH is 1. The van der Waals surface area contributed by atoms with Gasteiger partial charge in [0.05, 0.1) is 13.2 Å². The molecule has 102 valence electrons. The Morgan fingerprint density at radius 1 is 1.33 bits per heavy atom. The summed E-state index contributed by atoms with van der Waals surface area (Å²) in [7, 11) is 0. The average Bonchev–Trinajstić information content (AvgIpc) is 2.34. The largest absolute Gasteiger partial charge is 0.461 e. The molecule has 0 saturated heterocycles. The standard InChI is InChI=1S/C9H15N3O6/c1-7(13)9(15)18-6-8(14)17-5-4-16-3-2-11-12-10/h7,13H,2-6H2,1H3. The van der Waals surface area contributed by atoms with Crippen molar-refractivity contribution < 1.29 is 28.9 Å². The molecule has 0 aliphatic carbocycles. The monoisotopic (exact) mass is 261 g/mol. The minimum atomic E-state index is -1.28. The lowest BCUT2D eigenvalue weighted by molar-refractivity contribution is -0.164. The maximum atomic E-state index is 11.0. The summed E-state index contributed by atoms with van der Waals surface area (Å²) in [6.45, 7) is 1.27. The Labute approximate surface area is 103 Å². The molecule has 1 atom stereocenters. The van der Waals surface area contributed by atoms with E-state index in [0.29, 0.717) is 0 Å². The van der Waals surface area contributed by atoms with Crippen LogP contribution in [-0.4, -0.2) is 56.1 Å². The van der Waals surface area contributed by atoms with Crippen molar-refractivity contribution in [3.05, 3.63) is 10.4 Å². The molecule has 0 aliphatic heterocycles. The van der Waals surface area contributed by atoms with Gasteiger partial charge >= 0.3 is 11.9 Å². The number of nitrogens with zero attached hydrogens (tertiary/aromatic N) is 3. The number of hydrogen-bond donors (Lipinski definition) is 1. The third-order valence-electron chi connectivity index (χ3n) is 1.56. The van der Waals surface area contributed by atoms with E-state index in [1.807, 2.05) is 0 Å². The molecule has 0 rings (SSSR count). The fraction of sp³-hybridized carbons (Fsp3) is 0.778. The van der Waals surface area contributed by atoms with E-state index in [-0.39, 0.29) is 26.4 Å². The normalized spacial score (nSPS) is 11.2. The van der Waals surface area contributed by atoms with Gasteiger partial charge in [0.25, 0.3) is 0 Å². The van der Waals surface area contributed by atoms with Crippen LogP contribution in [0.1, 0.15) is 6.92 Å². The molecule has 0 spiro atoms. The van der Waals surface area contributed by atoms with Crippen LogP contribution >= 0.6 is 0 Å². The van der Waals surface area contributed by atoms with E-state index in [9.17, 15) is 9.59 Å². The highest BCUT2D eigenvalue weighted by molar-refractivity contribution is 5.78. The van der Waals surface area contributed by atoms with Crippen molar-refractivity contribution in [3.63, 3.8) is 0 Å². The number of carbonyl (C=O) groups excluding carboxylic acids is 2. The Kier molecular flexibility index (Phi) is 9.28. The van der Waals surface area contributed by atoms with Gasteiger partial charge in [-0.2, -0.15) is 0 Å². The molecular formula is C9H15N3O6. The molecule has 0 bridgehead atoms. The van der Waals surface area contributed by atoms with E-state index in [4.69, 9.17) is 15.4 Å². The summed E-state index contributed by atoms with van der Waals surface area (Å²) in [5.74, 6) is -1.62. The molecule has 0 fully saturated rings. The summed E-state index contributed by atoms with van der Waals surface area (Å²) < 4.78 is 14.0. The maximum absolute atomic E-state index is 11.0. The highest BCUT2D eigenvalue weighted by Crippen LogP contribution is 1.89. The second-order valence-corrected chi connectivity index (χ2v) is 3.07. The predicted octanol–water partition coefficient (Wildman–Crippen LogP) is -0.220. The van der Waals surface area contributed by atoms with E-state index in [1.165, 1.54) is 6.92 Å². The lowest BCUT2D eigenvalue weighted by Gasteiger charge is -2.07. The highest BCUT2D eigenvalue weighted by atomic mass is 16.6. The summed E-state index contributed by atoms with van der Waals surface area (Å²) in [6.07, 6.45) is -1.28. The smallest absolute Gasteiger partial charge is 0.344 e. The molecule has 1 N–H and O–H groups in total. The molecule has 0 radical (unpaired) electrons. The molecule has 0 aromatic heterocycles. The molecule has 9 nitrogen and oxygen atoms in total. The molecule has 0 aromatic carbocycles. The van der Waals surface area contributed by atoms with Crippen molar-refractivity contribution in [2.24, 2.45) is 5.11 Å². The van der Waals surface area contributed by atoms with Gasteiger partial charge < -0.3 is 19.3 Å². The van der Waals surface area contributed by atoms with Crippen LogP contribution in [0.25, 0.3) is 10.4 Å². The fourth-order valence-corrected chi connectivity index (χ4v) is 0.759. The Bertz CT molecular complexity index is 313. The van der Waals surface area contributed by atoms with Crippen LogP contribution in [0.2, 0.25) is 0 Å². The third-order valence-corrected chi connectivity index (χ3v) is 1.56. The molecule has 1 unspecified atom stereocenters. The van der Waals surface area contributed by atoms with Gasteiger partial charge in [0.15, 0.2) is 6.61 Å². The summed E-state index contributed by atoms with van der Waals surface area (Å²) in [5, 5.41) is 12.0. The van der Waals surface area contributed by atoms with E-state index in [1.54, 1.807) is 0 Å². The van der Waals surface area contributed by atoms with Crippen molar-refractivity contribution in [2.75, 3.05) is 33.0 Å². The number of rotatable bonds is 9. The molecule has 18 heavy (non-hydrogen) atoms. The van der Waals surface area contributed by atoms with Crippen LogP contribution in [0.3, 0.4) is 0 Å². The van der Waals surface area contributed by atoms with Gasteiger partial charge in [0.1, 0.15) is 12.7 Å². The number of aliphatic hydroxyl groups is 1. The number of carbonyl (C=O) groups is 2. The van der Waals surface area contributed by atoms with Gasteiger partial charge in [0.2, 0.25) is 0 Å². The first-order chi connectivity index (χ1) is 8.57. The summed E-state index contributed by atoms with van der Waals surface area (Å²) in [4.78, 5) is 24.3. The van der Waals surface area contributed by atoms with Gasteiger partial charge in [-0.3, -0.25) is 0 Å². The van der Waals surface area contributed by atoms with Crippen molar-refractivity contribution in [1.29, 1.82) is 0 Å². The summed E-state index contributed by atoms with van der Waals surface area (Å²) in [6, 6.07) is 0. The lowest BCUT2D eigenvalue weighted by Crippen LogP contribution is -2.24. The van der Waals surface area contributed by atoms with Crippen molar-refractivity contribution >= 4 is 11.9 Å². The van der Waals surface area contributed by atoms with E-state index >= 15 is 0 Å². The molecule has 0 aromatic rings. The van der Waals surface area contributed by atoms with Crippen molar-refractivity contribution in [1.82, 2.24) is 0 Å². The number of hydrogen-bond acceptors (Lipinski definition) is 7. The van der Waals surface area contributed by atoms with Gasteiger partial charge in [-0.15, -0.1) is 0 Å². The van der Waals surface area contributed by atoms with Gasteiger partial charge in [-0.1, -0.05) is 5.11 Å². The van der Waals surface area contributed by atoms with Crippen molar-refractivity contribution in [2.45, 2.75) is 13.0 Å². The van der Waals surface area contributed by atoms with Crippen molar-refractivity contribution in [3.8, 4) is 0 Å². The van der Waals surface area contributed by atoms with Crippen LogP contribution in [0.5, 0.6) is 0 Å². The van der Waals surface area contributed by atoms with E-state index < -0.39 is 24.6 Å². The Balaban J connectivity index is 3.42. The lowest BCUT2D eigenvalue weighted by atomic mass is 10.4. The predicted molar refractivity (Wildman–Crippen MR) is 58.4 cm³/mol. The zero-order valence-corrected chi connectivity index (χ0v) is 9.94. The van der Waals surface area contributed by atoms with Crippen LogP contribution in [0.15, 0.2) is 5.11 Å².